The van der Waals surface area contributed by atoms with Gasteiger partial charge in [-0.05, 0) is 53.3 Å². The van der Waals surface area contributed by atoms with E-state index in [9.17, 15) is 4.79 Å². The number of hydrogen-bond acceptors (Lipinski definition) is 1. The Morgan fingerprint density at radius 3 is 2.38 bits per heavy atom. The van der Waals surface area contributed by atoms with Gasteiger partial charge < -0.3 is 10.7 Å². The Morgan fingerprint density at radius 2 is 1.58 bits per heavy atom. The molecule has 0 fully saturated rings. The third kappa shape index (κ3) is 3.11. The first-order chi connectivity index (χ1) is 12.7. The third-order valence-electron chi connectivity index (χ3n) is 4.81. The Balaban J connectivity index is 1.70. The van der Waals surface area contributed by atoms with Crippen LogP contribution >= 0.6 is 0 Å². The van der Waals surface area contributed by atoms with Crippen molar-refractivity contribution < 1.29 is 4.79 Å². The smallest absolute Gasteiger partial charge is 0.248 e. The second kappa shape index (κ2) is 6.89. The van der Waals surface area contributed by atoms with Crippen LogP contribution in [0, 0.1) is 0 Å². The average Bonchev–Trinajstić information content (AvgIpc) is 3.10. The summed E-state index contributed by atoms with van der Waals surface area (Å²) >= 11 is 0. The van der Waals surface area contributed by atoms with Crippen molar-refractivity contribution in [3.63, 3.8) is 0 Å². The summed E-state index contributed by atoms with van der Waals surface area (Å²) in [5, 5.41) is 1.25. The number of aromatic nitrogens is 1. The van der Waals surface area contributed by atoms with Gasteiger partial charge in [0, 0.05) is 22.7 Å². The number of aromatic amines is 1. The number of amides is 1. The quantitative estimate of drug-likeness (QED) is 0.543. The van der Waals surface area contributed by atoms with Gasteiger partial charge in [-0.25, -0.2) is 0 Å². The minimum atomic E-state index is -0.391. The number of aryl methyl sites for hydroxylation is 2. The summed E-state index contributed by atoms with van der Waals surface area (Å²) in [5.74, 6) is -0.391. The largest absolute Gasteiger partial charge is 0.366 e. The number of rotatable bonds is 5. The molecule has 3 N–H and O–H groups in total. The van der Waals surface area contributed by atoms with Crippen LogP contribution in [0.2, 0.25) is 0 Å². The van der Waals surface area contributed by atoms with Gasteiger partial charge in [-0.15, -0.1) is 0 Å². The van der Waals surface area contributed by atoms with Gasteiger partial charge in [0.15, 0.2) is 0 Å². The van der Waals surface area contributed by atoms with Crippen LogP contribution in [-0.4, -0.2) is 10.9 Å². The van der Waals surface area contributed by atoms with Crippen molar-refractivity contribution in [1.82, 2.24) is 4.98 Å². The molecule has 0 bridgehead atoms. The molecule has 4 aromatic rings. The van der Waals surface area contributed by atoms with Crippen molar-refractivity contribution in [3.8, 4) is 11.1 Å². The van der Waals surface area contributed by atoms with E-state index in [1.54, 1.807) is 6.07 Å². The Kier molecular flexibility index (Phi) is 4.28. The van der Waals surface area contributed by atoms with E-state index in [1.165, 1.54) is 10.9 Å². The number of nitrogens with two attached hydrogens (primary N) is 1. The minimum Gasteiger partial charge on any atom is -0.366 e. The van der Waals surface area contributed by atoms with Crippen LogP contribution in [0.3, 0.4) is 0 Å². The highest BCUT2D eigenvalue weighted by atomic mass is 16.1. The van der Waals surface area contributed by atoms with Crippen molar-refractivity contribution in [2.24, 2.45) is 5.73 Å². The molecule has 1 amide bonds. The zero-order valence-corrected chi connectivity index (χ0v) is 14.4. The van der Waals surface area contributed by atoms with Crippen molar-refractivity contribution in [1.29, 1.82) is 0 Å². The third-order valence-corrected chi connectivity index (χ3v) is 4.81. The van der Waals surface area contributed by atoms with Crippen molar-refractivity contribution in [2.75, 3.05) is 0 Å². The Bertz CT molecular complexity index is 1060. The van der Waals surface area contributed by atoms with E-state index in [1.807, 2.05) is 36.4 Å². The zero-order chi connectivity index (χ0) is 17.9. The van der Waals surface area contributed by atoms with E-state index in [0.29, 0.717) is 5.56 Å². The van der Waals surface area contributed by atoms with E-state index in [4.69, 9.17) is 5.73 Å². The molecule has 26 heavy (non-hydrogen) atoms. The van der Waals surface area contributed by atoms with Crippen LogP contribution in [-0.2, 0) is 12.8 Å². The Hall–Kier alpha value is -3.33. The fourth-order valence-electron chi connectivity index (χ4n) is 3.46. The summed E-state index contributed by atoms with van der Waals surface area (Å²) in [7, 11) is 0. The van der Waals surface area contributed by atoms with Crippen molar-refractivity contribution >= 4 is 16.8 Å². The van der Waals surface area contributed by atoms with E-state index in [0.717, 1.165) is 35.0 Å². The van der Waals surface area contributed by atoms with Crippen LogP contribution in [0.5, 0.6) is 0 Å². The second-order valence-corrected chi connectivity index (χ2v) is 6.46. The highest BCUT2D eigenvalue weighted by Gasteiger charge is 2.11. The van der Waals surface area contributed by atoms with Gasteiger partial charge in [0.05, 0.1) is 0 Å². The number of benzene rings is 3. The number of para-hydroxylation sites is 1. The summed E-state index contributed by atoms with van der Waals surface area (Å²) < 4.78 is 0. The lowest BCUT2D eigenvalue weighted by atomic mass is 9.93. The van der Waals surface area contributed by atoms with Crippen LogP contribution in [0.15, 0.2) is 79.0 Å². The van der Waals surface area contributed by atoms with Gasteiger partial charge >= 0.3 is 0 Å². The Morgan fingerprint density at radius 1 is 0.846 bits per heavy atom. The van der Waals surface area contributed by atoms with Gasteiger partial charge in [-0.1, -0.05) is 54.6 Å². The predicted octanol–water partition coefficient (Wildman–Crippen LogP) is 4.72. The topological polar surface area (TPSA) is 58.9 Å². The molecule has 128 valence electrons. The molecular weight excluding hydrogens is 320 g/mol. The van der Waals surface area contributed by atoms with E-state index in [2.05, 4.69) is 41.5 Å². The minimum absolute atomic E-state index is 0.391. The van der Waals surface area contributed by atoms with Gasteiger partial charge in [0.2, 0.25) is 5.91 Å². The summed E-state index contributed by atoms with van der Waals surface area (Å²) in [5.41, 5.74) is 11.9. The molecule has 0 atom stereocenters. The first-order valence-corrected chi connectivity index (χ1v) is 8.75. The maximum absolute atomic E-state index is 11.6. The normalized spacial score (nSPS) is 10.9. The number of carbonyl (C=O) groups excluding carboxylic acids is 1. The highest BCUT2D eigenvalue weighted by molar-refractivity contribution is 5.93. The first-order valence-electron chi connectivity index (χ1n) is 8.75. The van der Waals surface area contributed by atoms with Gasteiger partial charge in [0.25, 0.3) is 0 Å². The number of H-pyrrole nitrogens is 1. The summed E-state index contributed by atoms with van der Waals surface area (Å²) in [6.07, 6.45) is 3.81. The molecule has 0 saturated heterocycles. The standard InChI is InChI=1S/C23H20N2O/c24-23(26)18-12-13-20(16-6-2-1-3-7-16)17(14-18)10-11-19-15-25-22-9-5-4-8-21(19)22/h1-9,12-15,25H,10-11H2,(H2,24,26). The lowest BCUT2D eigenvalue weighted by Crippen LogP contribution is -2.11. The van der Waals surface area contributed by atoms with Gasteiger partial charge in [0.1, 0.15) is 0 Å². The molecule has 0 aliphatic heterocycles. The molecule has 3 heteroatoms. The molecule has 0 radical (unpaired) electrons. The predicted molar refractivity (Wildman–Crippen MR) is 106 cm³/mol. The summed E-state index contributed by atoms with van der Waals surface area (Å²) in [4.78, 5) is 15.0. The SMILES string of the molecule is NC(=O)c1ccc(-c2ccccc2)c(CCc2c[nH]c3ccccc23)c1. The fraction of sp³-hybridized carbons (Fsp3) is 0.0870. The summed E-state index contributed by atoms with van der Waals surface area (Å²) in [6.45, 7) is 0. The fourth-order valence-corrected chi connectivity index (χ4v) is 3.46. The molecular formula is C23H20N2O. The van der Waals surface area contributed by atoms with Crippen LogP contribution < -0.4 is 5.73 Å². The maximum Gasteiger partial charge on any atom is 0.248 e. The average molecular weight is 340 g/mol. The zero-order valence-electron chi connectivity index (χ0n) is 14.4. The van der Waals surface area contributed by atoms with E-state index < -0.39 is 5.91 Å². The second-order valence-electron chi connectivity index (χ2n) is 6.46. The monoisotopic (exact) mass is 340 g/mol. The van der Waals surface area contributed by atoms with Crippen LogP contribution in [0.25, 0.3) is 22.0 Å². The molecule has 1 heterocycles. The Labute approximate surface area is 152 Å². The van der Waals surface area contributed by atoms with Crippen molar-refractivity contribution in [2.45, 2.75) is 12.8 Å². The molecule has 0 aliphatic rings. The van der Waals surface area contributed by atoms with Gasteiger partial charge in [-0.3, -0.25) is 4.79 Å². The number of carbonyl (C=O) groups is 1. The van der Waals surface area contributed by atoms with E-state index in [-0.39, 0.29) is 0 Å². The number of nitrogens with one attached hydrogen (secondary N) is 1. The molecule has 4 rings (SSSR count). The number of primary amides is 1. The lowest BCUT2D eigenvalue weighted by Gasteiger charge is -2.11. The summed E-state index contributed by atoms with van der Waals surface area (Å²) in [6, 6.07) is 24.3. The van der Waals surface area contributed by atoms with E-state index >= 15 is 0 Å². The molecule has 3 nitrogen and oxygen atoms in total. The first kappa shape index (κ1) is 16.2. The molecule has 0 unspecified atom stereocenters. The number of hydrogen-bond donors (Lipinski definition) is 2. The highest BCUT2D eigenvalue weighted by Crippen LogP contribution is 2.27. The molecule has 3 aromatic carbocycles. The van der Waals surface area contributed by atoms with Crippen molar-refractivity contribution in [3.05, 3.63) is 95.7 Å². The maximum atomic E-state index is 11.6. The lowest BCUT2D eigenvalue weighted by molar-refractivity contribution is 0.1000. The number of fused-ring (bicyclic) bond motifs is 1. The van der Waals surface area contributed by atoms with Crippen LogP contribution in [0.4, 0.5) is 0 Å². The molecule has 1 aromatic heterocycles. The molecule has 0 aliphatic carbocycles. The van der Waals surface area contributed by atoms with Gasteiger partial charge in [-0.2, -0.15) is 0 Å². The molecule has 0 spiro atoms. The molecule has 0 saturated carbocycles. The van der Waals surface area contributed by atoms with Crippen LogP contribution in [0.1, 0.15) is 21.5 Å².